The number of ketones is 1. The summed E-state index contributed by atoms with van der Waals surface area (Å²) in [4.78, 5) is 36.0. The lowest BCUT2D eigenvalue weighted by Gasteiger charge is -2.17. The molecule has 0 aromatic carbocycles. The molecule has 1 heterocycles. The van der Waals surface area contributed by atoms with Crippen molar-refractivity contribution in [1.29, 1.82) is 0 Å². The van der Waals surface area contributed by atoms with Crippen molar-refractivity contribution in [2.45, 2.75) is 39.2 Å². The fourth-order valence-corrected chi connectivity index (χ4v) is 2.56. The number of hydrogen-bond donors (Lipinski definition) is 0. The van der Waals surface area contributed by atoms with Crippen LogP contribution in [0.4, 0.5) is 0 Å². The first-order chi connectivity index (χ1) is 9.60. The SMILES string of the molecule is CCOC(=O)C1OC2=C(C(=O)CCC2)C1C(=O)OCC. The highest BCUT2D eigenvalue weighted by Gasteiger charge is 2.50. The van der Waals surface area contributed by atoms with Crippen LogP contribution in [0.3, 0.4) is 0 Å². The molecular weight excluding hydrogens is 264 g/mol. The van der Waals surface area contributed by atoms with Crippen LogP contribution in [0, 0.1) is 5.92 Å². The quantitative estimate of drug-likeness (QED) is 0.719. The average Bonchev–Trinajstić information content (AvgIpc) is 2.80. The summed E-state index contributed by atoms with van der Waals surface area (Å²) in [5.74, 6) is -1.93. The first kappa shape index (κ1) is 14.6. The number of allylic oxidation sites excluding steroid dienone is 1. The van der Waals surface area contributed by atoms with Gasteiger partial charge in [0.1, 0.15) is 11.7 Å². The van der Waals surface area contributed by atoms with E-state index in [0.717, 1.165) is 0 Å². The topological polar surface area (TPSA) is 78.9 Å². The molecule has 2 aliphatic rings. The van der Waals surface area contributed by atoms with E-state index < -0.39 is 24.0 Å². The standard InChI is InChI=1S/C14H18O6/c1-3-18-13(16)11-10-8(15)6-5-7-9(10)20-12(11)14(17)19-4-2/h11-12H,3-7H2,1-2H3. The van der Waals surface area contributed by atoms with Gasteiger partial charge < -0.3 is 14.2 Å². The number of ether oxygens (including phenoxy) is 3. The van der Waals surface area contributed by atoms with E-state index in [0.29, 0.717) is 30.6 Å². The number of rotatable bonds is 4. The molecule has 0 amide bonds. The molecule has 0 saturated carbocycles. The molecule has 1 aliphatic heterocycles. The molecule has 110 valence electrons. The van der Waals surface area contributed by atoms with Crippen LogP contribution in [-0.2, 0) is 28.6 Å². The third-order valence-electron chi connectivity index (χ3n) is 3.35. The zero-order valence-corrected chi connectivity index (χ0v) is 11.6. The van der Waals surface area contributed by atoms with Gasteiger partial charge in [0.2, 0.25) is 6.10 Å². The first-order valence-electron chi connectivity index (χ1n) is 6.86. The molecule has 20 heavy (non-hydrogen) atoms. The van der Waals surface area contributed by atoms with Gasteiger partial charge in [0.15, 0.2) is 5.78 Å². The second kappa shape index (κ2) is 6.07. The van der Waals surface area contributed by atoms with Crippen molar-refractivity contribution in [2.75, 3.05) is 13.2 Å². The molecular formula is C14H18O6. The molecule has 0 bridgehead atoms. The van der Waals surface area contributed by atoms with Gasteiger partial charge in [-0.2, -0.15) is 0 Å². The van der Waals surface area contributed by atoms with Crippen LogP contribution in [0.2, 0.25) is 0 Å². The third-order valence-corrected chi connectivity index (χ3v) is 3.35. The second-order valence-corrected chi connectivity index (χ2v) is 4.63. The minimum atomic E-state index is -1.10. The normalized spacial score (nSPS) is 25.0. The van der Waals surface area contributed by atoms with Gasteiger partial charge in [-0.15, -0.1) is 0 Å². The zero-order chi connectivity index (χ0) is 14.7. The van der Waals surface area contributed by atoms with Gasteiger partial charge in [-0.3, -0.25) is 9.59 Å². The van der Waals surface area contributed by atoms with E-state index in [2.05, 4.69) is 0 Å². The van der Waals surface area contributed by atoms with Gasteiger partial charge in [-0.05, 0) is 20.3 Å². The summed E-state index contributed by atoms with van der Waals surface area (Å²) in [6.45, 7) is 3.71. The van der Waals surface area contributed by atoms with Crippen LogP contribution in [0.5, 0.6) is 0 Å². The van der Waals surface area contributed by atoms with Crippen molar-refractivity contribution < 1.29 is 28.6 Å². The molecule has 0 N–H and O–H groups in total. The van der Waals surface area contributed by atoms with Gasteiger partial charge in [0.25, 0.3) is 0 Å². The van der Waals surface area contributed by atoms with Gasteiger partial charge in [-0.25, -0.2) is 4.79 Å². The predicted octanol–water partition coefficient (Wildman–Crippen LogP) is 1.13. The van der Waals surface area contributed by atoms with Crippen molar-refractivity contribution in [3.05, 3.63) is 11.3 Å². The average molecular weight is 282 g/mol. The minimum absolute atomic E-state index is 0.142. The Morgan fingerprint density at radius 1 is 1.15 bits per heavy atom. The lowest BCUT2D eigenvalue weighted by atomic mass is 9.86. The second-order valence-electron chi connectivity index (χ2n) is 4.63. The summed E-state index contributed by atoms with van der Waals surface area (Å²) in [7, 11) is 0. The molecule has 2 atom stereocenters. The van der Waals surface area contributed by atoms with Crippen LogP contribution < -0.4 is 0 Å². The molecule has 6 heteroatoms. The molecule has 6 nitrogen and oxygen atoms in total. The summed E-state index contributed by atoms with van der Waals surface area (Å²) in [6.07, 6.45) is 0.504. The first-order valence-corrected chi connectivity index (χ1v) is 6.86. The summed E-state index contributed by atoms with van der Waals surface area (Å²) < 4.78 is 15.4. The Labute approximate surface area is 117 Å². The van der Waals surface area contributed by atoms with Crippen molar-refractivity contribution in [2.24, 2.45) is 5.92 Å². The van der Waals surface area contributed by atoms with Crippen molar-refractivity contribution >= 4 is 17.7 Å². The summed E-state index contributed by atoms with van der Waals surface area (Å²) in [6, 6.07) is 0. The highest BCUT2D eigenvalue weighted by Crippen LogP contribution is 2.39. The van der Waals surface area contributed by atoms with Gasteiger partial charge in [0, 0.05) is 12.8 Å². The van der Waals surface area contributed by atoms with Crippen LogP contribution >= 0.6 is 0 Å². The van der Waals surface area contributed by atoms with E-state index >= 15 is 0 Å². The predicted molar refractivity (Wildman–Crippen MR) is 67.5 cm³/mol. The number of hydrogen-bond acceptors (Lipinski definition) is 6. The summed E-state index contributed by atoms with van der Waals surface area (Å²) in [5.41, 5.74) is 0.299. The highest BCUT2D eigenvalue weighted by molar-refractivity contribution is 6.04. The lowest BCUT2D eigenvalue weighted by molar-refractivity contribution is -0.163. The molecule has 0 spiro atoms. The monoisotopic (exact) mass is 282 g/mol. The largest absolute Gasteiger partial charge is 0.481 e. The molecule has 0 fully saturated rings. The van der Waals surface area contributed by atoms with E-state index in [-0.39, 0.29) is 19.0 Å². The third kappa shape index (κ3) is 2.55. The van der Waals surface area contributed by atoms with Gasteiger partial charge >= 0.3 is 11.9 Å². The Hall–Kier alpha value is -1.85. The van der Waals surface area contributed by atoms with Crippen molar-refractivity contribution in [3.63, 3.8) is 0 Å². The smallest absolute Gasteiger partial charge is 0.348 e. The number of esters is 2. The van der Waals surface area contributed by atoms with Crippen molar-refractivity contribution in [3.8, 4) is 0 Å². The van der Waals surface area contributed by atoms with Gasteiger partial charge in [0.05, 0.1) is 18.8 Å². The number of carbonyl (C=O) groups is 3. The molecule has 0 aromatic heterocycles. The molecule has 0 radical (unpaired) electrons. The van der Waals surface area contributed by atoms with Crippen LogP contribution in [0.15, 0.2) is 11.3 Å². The Morgan fingerprint density at radius 2 is 1.80 bits per heavy atom. The molecule has 0 saturated heterocycles. The minimum Gasteiger partial charge on any atom is -0.481 e. The van der Waals surface area contributed by atoms with Crippen LogP contribution in [-0.4, -0.2) is 37.0 Å². The van der Waals surface area contributed by atoms with E-state index in [4.69, 9.17) is 14.2 Å². The molecule has 1 aliphatic carbocycles. The zero-order valence-electron chi connectivity index (χ0n) is 11.6. The number of Topliss-reactive ketones (excluding diaryl/α,β-unsaturated/α-hetero) is 1. The van der Waals surface area contributed by atoms with E-state index in [9.17, 15) is 14.4 Å². The van der Waals surface area contributed by atoms with E-state index in [1.165, 1.54) is 0 Å². The van der Waals surface area contributed by atoms with Gasteiger partial charge in [-0.1, -0.05) is 0 Å². The molecule has 2 unspecified atom stereocenters. The summed E-state index contributed by atoms with van der Waals surface area (Å²) in [5, 5.41) is 0. The van der Waals surface area contributed by atoms with E-state index in [1.807, 2.05) is 0 Å². The Bertz CT molecular complexity index is 464. The number of carbonyl (C=O) groups excluding carboxylic acids is 3. The lowest BCUT2D eigenvalue weighted by Crippen LogP contribution is -2.37. The van der Waals surface area contributed by atoms with Crippen molar-refractivity contribution in [1.82, 2.24) is 0 Å². The maximum absolute atomic E-state index is 12.1. The molecule has 0 aromatic rings. The Kier molecular flexibility index (Phi) is 4.42. The fourth-order valence-electron chi connectivity index (χ4n) is 2.56. The highest BCUT2D eigenvalue weighted by atomic mass is 16.6. The Balaban J connectivity index is 2.30. The molecule has 2 rings (SSSR count). The maximum Gasteiger partial charge on any atom is 0.348 e. The van der Waals surface area contributed by atoms with Crippen LogP contribution in [0.1, 0.15) is 33.1 Å². The maximum atomic E-state index is 12.1. The summed E-state index contributed by atoms with van der Waals surface area (Å²) >= 11 is 0. The Morgan fingerprint density at radius 3 is 2.45 bits per heavy atom. The fraction of sp³-hybridized carbons (Fsp3) is 0.643. The van der Waals surface area contributed by atoms with E-state index in [1.54, 1.807) is 13.8 Å². The van der Waals surface area contributed by atoms with Crippen LogP contribution in [0.25, 0.3) is 0 Å².